The van der Waals surface area contributed by atoms with Crippen LogP contribution in [0.2, 0.25) is 0 Å². The van der Waals surface area contributed by atoms with Crippen molar-refractivity contribution in [2.75, 3.05) is 37.7 Å². The average Bonchev–Trinajstić information content (AvgIpc) is 2.58. The lowest BCUT2D eigenvalue weighted by molar-refractivity contribution is 0.220. The van der Waals surface area contributed by atoms with Crippen molar-refractivity contribution >= 4 is 17.8 Å². The highest BCUT2D eigenvalue weighted by molar-refractivity contribution is 7.99. The zero-order valence-corrected chi connectivity index (χ0v) is 9.48. The SMILES string of the molecule is CC(CN)CSCCN1CCNC1=O. The minimum Gasteiger partial charge on any atom is -0.336 e. The van der Waals surface area contributed by atoms with Gasteiger partial charge in [0.05, 0.1) is 0 Å². The molecule has 5 heteroatoms. The fourth-order valence-corrected chi connectivity index (χ4v) is 2.31. The summed E-state index contributed by atoms with van der Waals surface area (Å²) in [4.78, 5) is 13.0. The second-order valence-corrected chi connectivity index (χ2v) is 4.78. The van der Waals surface area contributed by atoms with Gasteiger partial charge in [-0.3, -0.25) is 0 Å². The van der Waals surface area contributed by atoms with E-state index in [0.29, 0.717) is 5.92 Å². The summed E-state index contributed by atoms with van der Waals surface area (Å²) in [5, 5.41) is 2.79. The summed E-state index contributed by atoms with van der Waals surface area (Å²) in [7, 11) is 0. The minimum absolute atomic E-state index is 0.0810. The fourth-order valence-electron chi connectivity index (χ4n) is 1.25. The molecule has 0 aromatic carbocycles. The molecule has 0 radical (unpaired) electrons. The van der Waals surface area contributed by atoms with Gasteiger partial charge in [-0.1, -0.05) is 6.92 Å². The van der Waals surface area contributed by atoms with Gasteiger partial charge < -0.3 is 16.0 Å². The minimum atomic E-state index is 0.0810. The molecule has 0 aromatic heterocycles. The van der Waals surface area contributed by atoms with Gasteiger partial charge in [0.2, 0.25) is 0 Å². The van der Waals surface area contributed by atoms with E-state index in [-0.39, 0.29) is 6.03 Å². The second kappa shape index (κ2) is 6.14. The standard InChI is InChI=1S/C9H19N3OS/c1-8(6-10)7-14-5-4-12-3-2-11-9(12)13/h8H,2-7,10H2,1H3,(H,11,13). The average molecular weight is 217 g/mol. The molecular formula is C9H19N3OS. The largest absolute Gasteiger partial charge is 0.336 e. The number of nitrogens with one attached hydrogen (secondary N) is 1. The topological polar surface area (TPSA) is 58.4 Å². The van der Waals surface area contributed by atoms with E-state index < -0.39 is 0 Å². The molecule has 82 valence electrons. The van der Waals surface area contributed by atoms with Crippen LogP contribution in [0.5, 0.6) is 0 Å². The van der Waals surface area contributed by atoms with Crippen LogP contribution >= 0.6 is 11.8 Å². The van der Waals surface area contributed by atoms with Crippen molar-refractivity contribution in [3.8, 4) is 0 Å². The molecule has 1 saturated heterocycles. The van der Waals surface area contributed by atoms with Crippen LogP contribution in [0.1, 0.15) is 6.92 Å². The van der Waals surface area contributed by atoms with E-state index in [4.69, 9.17) is 5.73 Å². The van der Waals surface area contributed by atoms with Crippen LogP contribution in [-0.4, -0.2) is 48.6 Å². The molecule has 0 aliphatic carbocycles. The zero-order chi connectivity index (χ0) is 10.4. The van der Waals surface area contributed by atoms with Crippen LogP contribution in [0.15, 0.2) is 0 Å². The van der Waals surface area contributed by atoms with Crippen LogP contribution in [0, 0.1) is 5.92 Å². The molecule has 0 saturated carbocycles. The maximum absolute atomic E-state index is 11.1. The first-order valence-corrected chi connectivity index (χ1v) is 6.20. The summed E-state index contributed by atoms with van der Waals surface area (Å²) >= 11 is 1.87. The molecule has 4 nitrogen and oxygen atoms in total. The maximum Gasteiger partial charge on any atom is 0.317 e. The molecule has 3 N–H and O–H groups in total. The molecule has 1 rings (SSSR count). The number of hydrogen-bond donors (Lipinski definition) is 2. The molecule has 2 amide bonds. The molecule has 1 aliphatic rings. The van der Waals surface area contributed by atoms with E-state index in [1.807, 2.05) is 16.7 Å². The Morgan fingerprint density at radius 3 is 3.07 bits per heavy atom. The van der Waals surface area contributed by atoms with Crippen molar-refractivity contribution in [3.63, 3.8) is 0 Å². The molecule has 0 bridgehead atoms. The summed E-state index contributed by atoms with van der Waals surface area (Å²) in [6.07, 6.45) is 0. The number of thioether (sulfide) groups is 1. The number of urea groups is 1. The Labute approximate surface area is 89.6 Å². The lowest BCUT2D eigenvalue weighted by atomic mass is 10.2. The Morgan fingerprint density at radius 2 is 2.50 bits per heavy atom. The first kappa shape index (κ1) is 11.7. The third-order valence-electron chi connectivity index (χ3n) is 2.26. The van der Waals surface area contributed by atoms with Crippen molar-refractivity contribution in [3.05, 3.63) is 0 Å². The van der Waals surface area contributed by atoms with E-state index in [1.54, 1.807) is 0 Å². The van der Waals surface area contributed by atoms with Gasteiger partial charge >= 0.3 is 6.03 Å². The smallest absolute Gasteiger partial charge is 0.317 e. The normalized spacial score (nSPS) is 18.4. The van der Waals surface area contributed by atoms with Crippen LogP contribution in [0.25, 0.3) is 0 Å². The molecule has 14 heavy (non-hydrogen) atoms. The highest BCUT2D eigenvalue weighted by Crippen LogP contribution is 2.08. The van der Waals surface area contributed by atoms with Gasteiger partial charge in [0, 0.05) is 25.4 Å². The van der Waals surface area contributed by atoms with Crippen molar-refractivity contribution in [1.29, 1.82) is 0 Å². The summed E-state index contributed by atoms with van der Waals surface area (Å²) in [6, 6.07) is 0.0810. The number of amides is 2. The molecule has 1 unspecified atom stereocenters. The third kappa shape index (κ3) is 3.75. The van der Waals surface area contributed by atoms with Crippen LogP contribution in [-0.2, 0) is 0 Å². The fraction of sp³-hybridized carbons (Fsp3) is 0.889. The summed E-state index contributed by atoms with van der Waals surface area (Å²) in [5.41, 5.74) is 5.51. The maximum atomic E-state index is 11.1. The van der Waals surface area contributed by atoms with Gasteiger partial charge in [0.1, 0.15) is 0 Å². The summed E-state index contributed by atoms with van der Waals surface area (Å²) < 4.78 is 0. The predicted molar refractivity (Wildman–Crippen MR) is 60.5 cm³/mol. The molecule has 1 atom stereocenters. The molecular weight excluding hydrogens is 198 g/mol. The summed E-state index contributed by atoms with van der Waals surface area (Å²) in [6.45, 7) is 5.40. The Bertz CT molecular complexity index is 189. The molecule has 0 spiro atoms. The highest BCUT2D eigenvalue weighted by atomic mass is 32.2. The van der Waals surface area contributed by atoms with Crippen molar-refractivity contribution in [2.45, 2.75) is 6.92 Å². The molecule has 1 heterocycles. The van der Waals surface area contributed by atoms with Gasteiger partial charge in [-0.2, -0.15) is 11.8 Å². The molecule has 0 aromatic rings. The van der Waals surface area contributed by atoms with Gasteiger partial charge in [0.15, 0.2) is 0 Å². The Balaban J connectivity index is 2.01. The molecule has 1 fully saturated rings. The lowest BCUT2D eigenvalue weighted by Crippen LogP contribution is -2.30. The summed E-state index contributed by atoms with van der Waals surface area (Å²) in [5.74, 6) is 2.68. The quantitative estimate of drug-likeness (QED) is 0.631. The zero-order valence-electron chi connectivity index (χ0n) is 8.66. The number of nitrogens with two attached hydrogens (primary N) is 1. The van der Waals surface area contributed by atoms with E-state index in [9.17, 15) is 4.79 Å². The van der Waals surface area contributed by atoms with Gasteiger partial charge in [-0.15, -0.1) is 0 Å². The first-order valence-electron chi connectivity index (χ1n) is 5.04. The van der Waals surface area contributed by atoms with Crippen LogP contribution in [0.3, 0.4) is 0 Å². The number of carbonyl (C=O) groups excluding carboxylic acids is 1. The van der Waals surface area contributed by atoms with E-state index in [2.05, 4.69) is 12.2 Å². The number of rotatable bonds is 6. The van der Waals surface area contributed by atoms with E-state index in [0.717, 1.165) is 37.7 Å². The van der Waals surface area contributed by atoms with Crippen LogP contribution < -0.4 is 11.1 Å². The number of nitrogens with zero attached hydrogens (tertiary/aromatic N) is 1. The van der Waals surface area contributed by atoms with Gasteiger partial charge in [0.25, 0.3) is 0 Å². The van der Waals surface area contributed by atoms with Gasteiger partial charge in [-0.25, -0.2) is 4.79 Å². The van der Waals surface area contributed by atoms with Gasteiger partial charge in [-0.05, 0) is 18.2 Å². The highest BCUT2D eigenvalue weighted by Gasteiger charge is 2.18. The Kier molecular flexibility index (Phi) is 5.11. The number of hydrogen-bond acceptors (Lipinski definition) is 3. The second-order valence-electron chi connectivity index (χ2n) is 3.63. The van der Waals surface area contributed by atoms with Crippen molar-refractivity contribution in [2.24, 2.45) is 11.7 Å². The lowest BCUT2D eigenvalue weighted by Gasteiger charge is -2.14. The number of carbonyl (C=O) groups is 1. The van der Waals surface area contributed by atoms with Crippen LogP contribution in [0.4, 0.5) is 4.79 Å². The Hall–Kier alpha value is -0.420. The monoisotopic (exact) mass is 217 g/mol. The van der Waals surface area contributed by atoms with E-state index in [1.165, 1.54) is 0 Å². The van der Waals surface area contributed by atoms with E-state index >= 15 is 0 Å². The first-order chi connectivity index (χ1) is 6.74. The molecule has 1 aliphatic heterocycles. The Morgan fingerprint density at radius 1 is 1.71 bits per heavy atom. The predicted octanol–water partition coefficient (Wildman–Crippen LogP) is 0.340. The van der Waals surface area contributed by atoms with Crippen molar-refractivity contribution in [1.82, 2.24) is 10.2 Å². The van der Waals surface area contributed by atoms with Crippen molar-refractivity contribution < 1.29 is 4.79 Å². The third-order valence-corrected chi connectivity index (χ3v) is 3.53.